The fourth-order valence-corrected chi connectivity index (χ4v) is 1.87. The van der Waals surface area contributed by atoms with Crippen molar-refractivity contribution in [3.63, 3.8) is 0 Å². The topological polar surface area (TPSA) is 20.2 Å². The molecular weight excluding hydrogens is 112 g/mol. The van der Waals surface area contributed by atoms with Crippen LogP contribution in [0.1, 0.15) is 19.3 Å². The minimum Gasteiger partial charge on any atom is -0.396 e. The van der Waals surface area contributed by atoms with Crippen molar-refractivity contribution in [3.05, 3.63) is 11.6 Å². The van der Waals surface area contributed by atoms with Crippen molar-refractivity contribution in [2.75, 3.05) is 6.61 Å². The van der Waals surface area contributed by atoms with Crippen LogP contribution in [-0.2, 0) is 0 Å². The van der Waals surface area contributed by atoms with E-state index in [1.807, 2.05) is 0 Å². The molecule has 1 saturated carbocycles. The maximum absolute atomic E-state index is 8.78. The highest BCUT2D eigenvalue weighted by Crippen LogP contribution is 2.44. The van der Waals surface area contributed by atoms with E-state index >= 15 is 0 Å². The number of hydrogen-bond donors (Lipinski definition) is 1. The Bertz CT molecular complexity index is 149. The van der Waals surface area contributed by atoms with E-state index in [0.717, 1.165) is 5.92 Å². The third-order valence-corrected chi connectivity index (χ3v) is 2.58. The molecule has 9 heavy (non-hydrogen) atoms. The SMILES string of the molecule is OCC1C=C2CCC2C1. The fraction of sp³-hybridized carbons (Fsp3) is 0.750. The smallest absolute Gasteiger partial charge is 0.0494 e. The first-order valence-corrected chi connectivity index (χ1v) is 3.71. The average Bonchev–Trinajstić information content (AvgIpc) is 2.10. The van der Waals surface area contributed by atoms with Crippen molar-refractivity contribution in [1.29, 1.82) is 0 Å². The first kappa shape index (κ1) is 5.48. The minimum atomic E-state index is 0.361. The lowest BCUT2D eigenvalue weighted by atomic mass is 9.81. The molecule has 0 bridgehead atoms. The van der Waals surface area contributed by atoms with Crippen molar-refractivity contribution in [2.45, 2.75) is 19.3 Å². The summed E-state index contributed by atoms with van der Waals surface area (Å²) in [6.45, 7) is 0.361. The third-order valence-electron chi connectivity index (χ3n) is 2.58. The van der Waals surface area contributed by atoms with Gasteiger partial charge in [-0.3, -0.25) is 0 Å². The van der Waals surface area contributed by atoms with Gasteiger partial charge in [0.15, 0.2) is 0 Å². The number of rotatable bonds is 1. The normalized spacial score (nSPS) is 39.4. The van der Waals surface area contributed by atoms with Crippen molar-refractivity contribution in [3.8, 4) is 0 Å². The van der Waals surface area contributed by atoms with Gasteiger partial charge in [0.25, 0.3) is 0 Å². The monoisotopic (exact) mass is 124 g/mol. The summed E-state index contributed by atoms with van der Waals surface area (Å²) in [6.07, 6.45) is 6.18. The van der Waals surface area contributed by atoms with Gasteiger partial charge in [0.2, 0.25) is 0 Å². The zero-order valence-electron chi connectivity index (χ0n) is 5.51. The van der Waals surface area contributed by atoms with Gasteiger partial charge >= 0.3 is 0 Å². The van der Waals surface area contributed by atoms with Crippen LogP contribution >= 0.6 is 0 Å². The van der Waals surface area contributed by atoms with Crippen molar-refractivity contribution in [1.82, 2.24) is 0 Å². The molecule has 0 aromatic carbocycles. The molecule has 1 fully saturated rings. The Hall–Kier alpha value is -0.300. The molecular formula is C8H12O. The van der Waals surface area contributed by atoms with E-state index in [-0.39, 0.29) is 0 Å². The lowest BCUT2D eigenvalue weighted by molar-refractivity contribution is 0.239. The zero-order valence-corrected chi connectivity index (χ0v) is 5.51. The van der Waals surface area contributed by atoms with Crippen LogP contribution in [0, 0.1) is 11.8 Å². The summed E-state index contributed by atoms with van der Waals surface area (Å²) in [7, 11) is 0. The predicted octanol–water partition coefficient (Wildman–Crippen LogP) is 1.33. The number of hydrogen-bond acceptors (Lipinski definition) is 1. The summed E-state index contributed by atoms with van der Waals surface area (Å²) in [4.78, 5) is 0. The highest BCUT2D eigenvalue weighted by molar-refractivity contribution is 5.22. The lowest BCUT2D eigenvalue weighted by Gasteiger charge is -2.24. The molecule has 2 rings (SSSR count). The van der Waals surface area contributed by atoms with E-state index < -0.39 is 0 Å². The molecule has 0 spiro atoms. The van der Waals surface area contributed by atoms with Crippen molar-refractivity contribution in [2.24, 2.45) is 11.8 Å². The van der Waals surface area contributed by atoms with Crippen LogP contribution in [0.4, 0.5) is 0 Å². The predicted molar refractivity (Wildman–Crippen MR) is 36.0 cm³/mol. The van der Waals surface area contributed by atoms with E-state index in [4.69, 9.17) is 5.11 Å². The van der Waals surface area contributed by atoms with Crippen LogP contribution in [0.25, 0.3) is 0 Å². The number of allylic oxidation sites excluding steroid dienone is 1. The fourth-order valence-electron chi connectivity index (χ4n) is 1.87. The van der Waals surface area contributed by atoms with E-state index in [9.17, 15) is 0 Å². The summed E-state index contributed by atoms with van der Waals surface area (Å²) in [5.41, 5.74) is 1.62. The Balaban J connectivity index is 2.05. The standard InChI is InChI=1S/C8H12O/c9-5-6-3-7-1-2-8(7)4-6/h3,6,8-9H,1-2,4-5H2. The number of aliphatic hydroxyl groups is 1. The van der Waals surface area contributed by atoms with E-state index in [1.54, 1.807) is 5.57 Å². The Labute approximate surface area is 55.4 Å². The summed E-state index contributed by atoms with van der Waals surface area (Å²) < 4.78 is 0. The Morgan fingerprint density at radius 1 is 1.67 bits per heavy atom. The number of aliphatic hydroxyl groups excluding tert-OH is 1. The molecule has 0 heterocycles. The average molecular weight is 124 g/mol. The summed E-state index contributed by atoms with van der Waals surface area (Å²) in [6, 6.07) is 0. The van der Waals surface area contributed by atoms with Gasteiger partial charge in [-0.25, -0.2) is 0 Å². The van der Waals surface area contributed by atoms with Gasteiger partial charge in [-0.05, 0) is 25.2 Å². The molecule has 2 aliphatic rings. The molecule has 50 valence electrons. The highest BCUT2D eigenvalue weighted by atomic mass is 16.3. The van der Waals surface area contributed by atoms with Crippen LogP contribution in [0.5, 0.6) is 0 Å². The van der Waals surface area contributed by atoms with E-state index in [0.29, 0.717) is 12.5 Å². The van der Waals surface area contributed by atoms with Crippen LogP contribution in [0.3, 0.4) is 0 Å². The van der Waals surface area contributed by atoms with Gasteiger partial charge in [0, 0.05) is 12.5 Å². The van der Waals surface area contributed by atoms with Gasteiger partial charge in [-0.15, -0.1) is 0 Å². The summed E-state index contributed by atoms with van der Waals surface area (Å²) >= 11 is 0. The van der Waals surface area contributed by atoms with Crippen LogP contribution < -0.4 is 0 Å². The van der Waals surface area contributed by atoms with Crippen LogP contribution in [0.2, 0.25) is 0 Å². The van der Waals surface area contributed by atoms with E-state index in [2.05, 4.69) is 6.08 Å². The molecule has 0 aromatic heterocycles. The molecule has 2 aliphatic carbocycles. The van der Waals surface area contributed by atoms with E-state index in [1.165, 1.54) is 19.3 Å². The highest BCUT2D eigenvalue weighted by Gasteiger charge is 2.31. The van der Waals surface area contributed by atoms with Gasteiger partial charge in [0.1, 0.15) is 0 Å². The second kappa shape index (κ2) is 1.84. The second-order valence-corrected chi connectivity index (χ2v) is 3.16. The first-order chi connectivity index (χ1) is 4.40. The third kappa shape index (κ3) is 0.715. The lowest BCUT2D eigenvalue weighted by Crippen LogP contribution is -2.11. The quantitative estimate of drug-likeness (QED) is 0.523. The first-order valence-electron chi connectivity index (χ1n) is 3.71. The molecule has 0 aromatic rings. The van der Waals surface area contributed by atoms with Gasteiger partial charge < -0.3 is 5.11 Å². The Morgan fingerprint density at radius 2 is 2.56 bits per heavy atom. The Kier molecular flexibility index (Phi) is 1.12. The number of fused-ring (bicyclic) bond motifs is 1. The maximum atomic E-state index is 8.78. The molecule has 0 saturated heterocycles. The molecule has 0 aliphatic heterocycles. The largest absolute Gasteiger partial charge is 0.396 e. The molecule has 1 heteroatoms. The van der Waals surface area contributed by atoms with Gasteiger partial charge in [0.05, 0.1) is 0 Å². The second-order valence-electron chi connectivity index (χ2n) is 3.16. The van der Waals surface area contributed by atoms with Gasteiger partial charge in [-0.2, -0.15) is 0 Å². The molecule has 0 amide bonds. The molecule has 0 radical (unpaired) electrons. The minimum absolute atomic E-state index is 0.361. The summed E-state index contributed by atoms with van der Waals surface area (Å²) in [5.74, 6) is 1.38. The van der Waals surface area contributed by atoms with Crippen LogP contribution in [-0.4, -0.2) is 11.7 Å². The molecule has 2 unspecified atom stereocenters. The van der Waals surface area contributed by atoms with Crippen molar-refractivity contribution < 1.29 is 5.11 Å². The maximum Gasteiger partial charge on any atom is 0.0494 e. The zero-order chi connectivity index (χ0) is 6.27. The molecule has 1 N–H and O–H groups in total. The van der Waals surface area contributed by atoms with Crippen molar-refractivity contribution >= 4 is 0 Å². The molecule has 2 atom stereocenters. The Morgan fingerprint density at radius 3 is 2.89 bits per heavy atom. The summed E-state index contributed by atoms with van der Waals surface area (Å²) in [5, 5.41) is 8.78. The molecule has 1 nitrogen and oxygen atoms in total. The van der Waals surface area contributed by atoms with Gasteiger partial charge in [-0.1, -0.05) is 11.6 Å². The van der Waals surface area contributed by atoms with Crippen LogP contribution in [0.15, 0.2) is 11.6 Å².